The zero-order valence-corrected chi connectivity index (χ0v) is 11.7. The van der Waals surface area contributed by atoms with Crippen molar-refractivity contribution in [3.63, 3.8) is 0 Å². The quantitative estimate of drug-likeness (QED) is 0.852. The topological polar surface area (TPSA) is 12.0 Å². The Labute approximate surface area is 109 Å². The molecule has 1 heterocycles. The molecule has 0 aromatic heterocycles. The Hall–Kier alpha value is -0.470. The second-order valence-corrected chi connectivity index (χ2v) is 6.12. The van der Waals surface area contributed by atoms with E-state index in [2.05, 4.69) is 55.2 Å². The average Bonchev–Trinajstić information content (AvgIpc) is 2.83. The fourth-order valence-electron chi connectivity index (χ4n) is 2.54. The number of nitrogens with one attached hydrogen (secondary N) is 1. The minimum Gasteiger partial charge on any atom is -0.310 e. The van der Waals surface area contributed by atoms with E-state index in [9.17, 15) is 0 Å². The summed E-state index contributed by atoms with van der Waals surface area (Å²) < 4.78 is 0. The van der Waals surface area contributed by atoms with E-state index < -0.39 is 0 Å². The molecule has 1 N–H and O–H groups in total. The number of benzene rings is 1. The van der Waals surface area contributed by atoms with E-state index in [4.69, 9.17) is 0 Å². The lowest BCUT2D eigenvalue weighted by molar-refractivity contribution is 0.393. The normalized spacial score (nSPS) is 21.6. The highest BCUT2D eigenvalue weighted by Gasteiger charge is 2.26. The van der Waals surface area contributed by atoms with E-state index in [1.54, 1.807) is 0 Å². The van der Waals surface area contributed by atoms with Crippen LogP contribution >= 0.6 is 11.8 Å². The first-order chi connectivity index (χ1) is 8.31. The van der Waals surface area contributed by atoms with Crippen LogP contribution in [0.2, 0.25) is 0 Å². The predicted molar refractivity (Wildman–Crippen MR) is 77.6 cm³/mol. The van der Waals surface area contributed by atoms with Crippen LogP contribution in [0.1, 0.15) is 36.9 Å². The highest BCUT2D eigenvalue weighted by molar-refractivity contribution is 7.99. The van der Waals surface area contributed by atoms with E-state index >= 15 is 0 Å². The largest absolute Gasteiger partial charge is 0.310 e. The number of hydrogen-bond acceptors (Lipinski definition) is 2. The molecule has 2 rings (SSSR count). The Kier molecular flexibility index (Phi) is 4.93. The molecule has 2 atom stereocenters. The molecule has 1 aliphatic heterocycles. The minimum absolute atomic E-state index is 0.560. The highest BCUT2D eigenvalue weighted by atomic mass is 32.2. The summed E-state index contributed by atoms with van der Waals surface area (Å²) in [4.78, 5) is 0. The van der Waals surface area contributed by atoms with Crippen molar-refractivity contribution in [2.45, 2.75) is 32.7 Å². The molecule has 0 radical (unpaired) electrons. The van der Waals surface area contributed by atoms with Gasteiger partial charge in [-0.1, -0.05) is 36.8 Å². The lowest BCUT2D eigenvalue weighted by Gasteiger charge is -2.25. The van der Waals surface area contributed by atoms with Gasteiger partial charge in [0.05, 0.1) is 0 Å². The molecule has 1 aromatic rings. The van der Waals surface area contributed by atoms with E-state index in [0.29, 0.717) is 6.04 Å². The summed E-state index contributed by atoms with van der Waals surface area (Å²) in [5.74, 6) is 3.46. The second kappa shape index (κ2) is 6.46. The van der Waals surface area contributed by atoms with E-state index in [1.807, 2.05) is 0 Å². The van der Waals surface area contributed by atoms with Crippen molar-refractivity contribution in [3.05, 3.63) is 35.4 Å². The smallest absolute Gasteiger partial charge is 0.0356 e. The molecule has 2 unspecified atom stereocenters. The molecular formula is C15H23NS. The Morgan fingerprint density at radius 2 is 2.35 bits per heavy atom. The lowest BCUT2D eigenvalue weighted by atomic mass is 9.91. The maximum Gasteiger partial charge on any atom is 0.0356 e. The Morgan fingerprint density at radius 1 is 1.47 bits per heavy atom. The molecule has 17 heavy (non-hydrogen) atoms. The summed E-state index contributed by atoms with van der Waals surface area (Å²) in [6.07, 6.45) is 2.57. The predicted octanol–water partition coefficient (Wildman–Crippen LogP) is 3.79. The molecular weight excluding hydrogens is 226 g/mol. The highest BCUT2D eigenvalue weighted by Crippen LogP contribution is 2.34. The van der Waals surface area contributed by atoms with E-state index in [1.165, 1.54) is 35.5 Å². The summed E-state index contributed by atoms with van der Waals surface area (Å²) in [6.45, 7) is 5.55. The van der Waals surface area contributed by atoms with Gasteiger partial charge in [0.15, 0.2) is 0 Å². The van der Waals surface area contributed by atoms with E-state index in [0.717, 1.165) is 12.5 Å². The van der Waals surface area contributed by atoms with Gasteiger partial charge >= 0.3 is 0 Å². The van der Waals surface area contributed by atoms with Gasteiger partial charge in [0, 0.05) is 6.04 Å². The molecule has 2 heteroatoms. The third-order valence-electron chi connectivity index (χ3n) is 3.45. The summed E-state index contributed by atoms with van der Waals surface area (Å²) in [5.41, 5.74) is 2.85. The Bertz CT molecular complexity index is 345. The molecule has 1 fully saturated rings. The van der Waals surface area contributed by atoms with Gasteiger partial charge in [-0.25, -0.2) is 0 Å². The van der Waals surface area contributed by atoms with Gasteiger partial charge in [0.2, 0.25) is 0 Å². The number of hydrogen-bond donors (Lipinski definition) is 1. The van der Waals surface area contributed by atoms with Crippen molar-refractivity contribution < 1.29 is 0 Å². The van der Waals surface area contributed by atoms with Crippen LogP contribution in [0.25, 0.3) is 0 Å². The van der Waals surface area contributed by atoms with Crippen molar-refractivity contribution in [3.8, 4) is 0 Å². The Balaban J connectivity index is 2.13. The standard InChI is InChI=1S/C15H23NS/c1-3-8-16-15(14-7-9-17-11-14)13-6-4-5-12(2)10-13/h4-6,10,14-16H,3,7-9,11H2,1-2H3. The molecule has 0 saturated carbocycles. The van der Waals surface area contributed by atoms with Crippen LogP contribution in [-0.4, -0.2) is 18.1 Å². The third kappa shape index (κ3) is 3.49. The van der Waals surface area contributed by atoms with Crippen molar-refractivity contribution >= 4 is 11.8 Å². The molecule has 0 aliphatic carbocycles. The van der Waals surface area contributed by atoms with Crippen LogP contribution in [0.15, 0.2) is 24.3 Å². The summed E-state index contributed by atoms with van der Waals surface area (Å²) in [5, 5.41) is 3.74. The van der Waals surface area contributed by atoms with Crippen LogP contribution in [0.5, 0.6) is 0 Å². The van der Waals surface area contributed by atoms with Crippen LogP contribution in [-0.2, 0) is 0 Å². The third-order valence-corrected chi connectivity index (χ3v) is 4.64. The molecule has 1 aliphatic rings. The molecule has 1 saturated heterocycles. The minimum atomic E-state index is 0.560. The molecule has 0 spiro atoms. The van der Waals surface area contributed by atoms with Gasteiger partial charge < -0.3 is 5.32 Å². The molecule has 1 aromatic carbocycles. The van der Waals surface area contributed by atoms with Gasteiger partial charge in [-0.15, -0.1) is 0 Å². The average molecular weight is 249 g/mol. The molecule has 1 nitrogen and oxygen atoms in total. The number of thioether (sulfide) groups is 1. The maximum absolute atomic E-state index is 3.74. The summed E-state index contributed by atoms with van der Waals surface area (Å²) in [6, 6.07) is 9.56. The number of rotatable bonds is 5. The monoisotopic (exact) mass is 249 g/mol. The van der Waals surface area contributed by atoms with Crippen LogP contribution in [0.3, 0.4) is 0 Å². The molecule has 0 amide bonds. The Morgan fingerprint density at radius 3 is 3.00 bits per heavy atom. The maximum atomic E-state index is 3.74. The van der Waals surface area contributed by atoms with Crippen molar-refractivity contribution in [1.82, 2.24) is 5.32 Å². The van der Waals surface area contributed by atoms with Crippen LogP contribution in [0.4, 0.5) is 0 Å². The zero-order valence-electron chi connectivity index (χ0n) is 10.9. The summed E-state index contributed by atoms with van der Waals surface area (Å²) >= 11 is 2.10. The first kappa shape index (κ1) is 13.0. The van der Waals surface area contributed by atoms with Gasteiger partial charge in [-0.3, -0.25) is 0 Å². The first-order valence-corrected chi connectivity index (χ1v) is 7.84. The van der Waals surface area contributed by atoms with Gasteiger partial charge in [0.25, 0.3) is 0 Å². The van der Waals surface area contributed by atoms with Crippen molar-refractivity contribution in [1.29, 1.82) is 0 Å². The first-order valence-electron chi connectivity index (χ1n) is 6.69. The van der Waals surface area contributed by atoms with Crippen LogP contribution < -0.4 is 5.32 Å². The molecule has 94 valence electrons. The fraction of sp³-hybridized carbons (Fsp3) is 0.600. The SMILES string of the molecule is CCCNC(c1cccc(C)c1)C1CCSC1. The zero-order chi connectivity index (χ0) is 12.1. The van der Waals surface area contributed by atoms with Crippen molar-refractivity contribution in [2.24, 2.45) is 5.92 Å². The summed E-state index contributed by atoms with van der Waals surface area (Å²) in [7, 11) is 0. The fourth-order valence-corrected chi connectivity index (χ4v) is 3.83. The van der Waals surface area contributed by atoms with Gasteiger partial charge in [-0.2, -0.15) is 11.8 Å². The van der Waals surface area contributed by atoms with Crippen molar-refractivity contribution in [2.75, 3.05) is 18.1 Å². The molecule has 0 bridgehead atoms. The van der Waals surface area contributed by atoms with Gasteiger partial charge in [-0.05, 0) is 49.3 Å². The van der Waals surface area contributed by atoms with E-state index in [-0.39, 0.29) is 0 Å². The number of aryl methyl sites for hydroxylation is 1. The van der Waals surface area contributed by atoms with Crippen LogP contribution in [0, 0.1) is 12.8 Å². The van der Waals surface area contributed by atoms with Gasteiger partial charge in [0.1, 0.15) is 0 Å². The lowest BCUT2D eigenvalue weighted by Crippen LogP contribution is -2.29. The second-order valence-electron chi connectivity index (χ2n) is 4.97.